The summed E-state index contributed by atoms with van der Waals surface area (Å²) in [7, 11) is 1.64. The van der Waals surface area contributed by atoms with Gasteiger partial charge in [0.05, 0.1) is 5.56 Å². The maximum Gasteiger partial charge on any atom is 0.323 e. The van der Waals surface area contributed by atoms with Crippen LogP contribution in [0.15, 0.2) is 36.4 Å². The first-order chi connectivity index (χ1) is 15.0. The quantitative estimate of drug-likeness (QED) is 0.517. The molecule has 1 aliphatic rings. The second kappa shape index (κ2) is 11.0. The fraction of sp³-hybridized carbons (Fsp3) is 0.391. The fourth-order valence-corrected chi connectivity index (χ4v) is 3.69. The summed E-state index contributed by atoms with van der Waals surface area (Å²) in [5.74, 6) is -0.160. The molecule has 7 nitrogen and oxygen atoms in total. The highest BCUT2D eigenvalue weighted by molar-refractivity contribution is 6.31. The molecular formula is C23H29ClN4O3. The van der Waals surface area contributed by atoms with Gasteiger partial charge in [-0.2, -0.15) is 0 Å². The zero-order chi connectivity index (χ0) is 22.2. The first kappa shape index (κ1) is 22.9. The molecular weight excluding hydrogens is 416 g/mol. The maximum atomic E-state index is 12.9. The Morgan fingerprint density at radius 3 is 2.42 bits per heavy atom. The van der Waals surface area contributed by atoms with Crippen molar-refractivity contribution in [1.29, 1.82) is 0 Å². The van der Waals surface area contributed by atoms with Crippen molar-refractivity contribution < 1.29 is 14.3 Å². The van der Waals surface area contributed by atoms with Crippen molar-refractivity contribution in [3.05, 3.63) is 52.5 Å². The van der Waals surface area contributed by atoms with Crippen LogP contribution in [0.25, 0.3) is 0 Å². The number of hydrogen-bond donors (Lipinski definition) is 3. The molecule has 2 aromatic rings. The summed E-state index contributed by atoms with van der Waals surface area (Å²) >= 11 is 6.13. The number of halogens is 1. The summed E-state index contributed by atoms with van der Waals surface area (Å²) in [6, 6.07) is 10.4. The Morgan fingerprint density at radius 1 is 1.06 bits per heavy atom. The Hall–Kier alpha value is -2.77. The van der Waals surface area contributed by atoms with Crippen molar-refractivity contribution in [2.24, 2.45) is 0 Å². The molecule has 1 aliphatic heterocycles. The zero-order valence-corrected chi connectivity index (χ0v) is 18.7. The predicted octanol–water partition coefficient (Wildman–Crippen LogP) is 4.66. The van der Waals surface area contributed by atoms with E-state index < -0.39 is 6.03 Å². The Kier molecular flexibility index (Phi) is 8.14. The fourth-order valence-electron chi connectivity index (χ4n) is 3.51. The summed E-state index contributed by atoms with van der Waals surface area (Å²) in [6.07, 6.45) is 2.95. The monoisotopic (exact) mass is 444 g/mol. The lowest BCUT2D eigenvalue weighted by Crippen LogP contribution is -2.29. The second-order valence-electron chi connectivity index (χ2n) is 7.57. The van der Waals surface area contributed by atoms with Gasteiger partial charge in [-0.1, -0.05) is 17.7 Å². The summed E-state index contributed by atoms with van der Waals surface area (Å²) in [6.45, 7) is 4.86. The van der Waals surface area contributed by atoms with Gasteiger partial charge in [0.2, 0.25) is 0 Å². The average molecular weight is 445 g/mol. The minimum absolute atomic E-state index is 0.160. The van der Waals surface area contributed by atoms with Crippen molar-refractivity contribution >= 4 is 40.6 Å². The SMILES string of the molecule is COCCCNC(=O)c1cc(NC(=O)Nc2ccc(C)c(Cl)c2)ccc1N1CCCC1. The summed E-state index contributed by atoms with van der Waals surface area (Å²) in [4.78, 5) is 27.5. The van der Waals surface area contributed by atoms with Gasteiger partial charge in [-0.3, -0.25) is 4.79 Å². The second-order valence-corrected chi connectivity index (χ2v) is 7.98. The lowest BCUT2D eigenvalue weighted by molar-refractivity contribution is 0.0949. The van der Waals surface area contributed by atoms with Crippen LogP contribution in [0, 0.1) is 6.92 Å². The molecule has 3 rings (SSSR count). The summed E-state index contributed by atoms with van der Waals surface area (Å²) in [5, 5.41) is 9.09. The molecule has 0 aliphatic carbocycles. The van der Waals surface area contributed by atoms with Crippen molar-refractivity contribution in [2.75, 3.05) is 48.9 Å². The number of aryl methyl sites for hydroxylation is 1. The highest BCUT2D eigenvalue weighted by Crippen LogP contribution is 2.28. The molecule has 2 aromatic carbocycles. The van der Waals surface area contributed by atoms with Crippen LogP contribution < -0.4 is 20.9 Å². The average Bonchev–Trinajstić information content (AvgIpc) is 3.28. The molecule has 1 heterocycles. The number of rotatable bonds is 8. The number of nitrogens with zero attached hydrogens (tertiary/aromatic N) is 1. The molecule has 1 saturated heterocycles. The van der Waals surface area contributed by atoms with E-state index in [-0.39, 0.29) is 5.91 Å². The number of hydrogen-bond acceptors (Lipinski definition) is 4. The van der Waals surface area contributed by atoms with Gasteiger partial charge in [0.1, 0.15) is 0 Å². The molecule has 31 heavy (non-hydrogen) atoms. The van der Waals surface area contributed by atoms with Crippen molar-refractivity contribution in [3.63, 3.8) is 0 Å². The van der Waals surface area contributed by atoms with Crippen LogP contribution in [-0.2, 0) is 4.74 Å². The molecule has 0 bridgehead atoms. The molecule has 8 heteroatoms. The van der Waals surface area contributed by atoms with Gasteiger partial charge in [-0.25, -0.2) is 4.79 Å². The topological polar surface area (TPSA) is 82.7 Å². The maximum absolute atomic E-state index is 12.9. The zero-order valence-electron chi connectivity index (χ0n) is 18.0. The van der Waals surface area contributed by atoms with Crippen molar-refractivity contribution in [2.45, 2.75) is 26.2 Å². The Morgan fingerprint density at radius 2 is 1.74 bits per heavy atom. The van der Waals surface area contributed by atoms with E-state index in [0.29, 0.717) is 35.1 Å². The normalized spacial score (nSPS) is 13.2. The van der Waals surface area contributed by atoms with Crippen LogP contribution in [0.4, 0.5) is 21.9 Å². The highest BCUT2D eigenvalue weighted by Gasteiger charge is 2.20. The molecule has 0 radical (unpaired) electrons. The Labute approximate surface area is 188 Å². The minimum Gasteiger partial charge on any atom is -0.385 e. The van der Waals surface area contributed by atoms with Gasteiger partial charge in [-0.05, 0) is 62.1 Å². The smallest absolute Gasteiger partial charge is 0.323 e. The number of ether oxygens (including phenoxy) is 1. The van der Waals surface area contributed by atoms with Crippen molar-refractivity contribution in [1.82, 2.24) is 5.32 Å². The van der Waals surface area contributed by atoms with E-state index in [1.807, 2.05) is 25.1 Å². The first-order valence-electron chi connectivity index (χ1n) is 10.5. The molecule has 3 amide bonds. The summed E-state index contributed by atoms with van der Waals surface area (Å²) < 4.78 is 5.04. The number of carbonyl (C=O) groups excluding carboxylic acids is 2. The molecule has 0 saturated carbocycles. The van der Waals surface area contributed by atoms with Gasteiger partial charge in [0.25, 0.3) is 5.91 Å². The van der Waals surface area contributed by atoms with Gasteiger partial charge < -0.3 is 25.6 Å². The number of nitrogens with one attached hydrogen (secondary N) is 3. The van der Waals surface area contributed by atoms with Gasteiger partial charge in [0, 0.05) is 55.4 Å². The summed E-state index contributed by atoms with van der Waals surface area (Å²) in [5.41, 5.74) is 3.51. The molecule has 0 unspecified atom stereocenters. The minimum atomic E-state index is -0.403. The van der Waals surface area contributed by atoms with E-state index in [4.69, 9.17) is 16.3 Å². The van der Waals surface area contributed by atoms with Crippen LogP contribution in [-0.4, -0.2) is 45.3 Å². The van der Waals surface area contributed by atoms with Crippen LogP contribution in [0.5, 0.6) is 0 Å². The number of benzene rings is 2. The number of urea groups is 1. The Balaban J connectivity index is 1.73. The first-order valence-corrected chi connectivity index (χ1v) is 10.9. The predicted molar refractivity (Wildman–Crippen MR) is 126 cm³/mol. The third kappa shape index (κ3) is 6.35. The van der Waals surface area contributed by atoms with Gasteiger partial charge in [0.15, 0.2) is 0 Å². The molecule has 0 atom stereocenters. The third-order valence-electron chi connectivity index (χ3n) is 5.19. The van der Waals surface area contributed by atoms with E-state index in [2.05, 4.69) is 20.9 Å². The molecule has 3 N–H and O–H groups in total. The van der Waals surface area contributed by atoms with Crippen LogP contribution in [0.2, 0.25) is 5.02 Å². The lowest BCUT2D eigenvalue weighted by Gasteiger charge is -2.22. The van der Waals surface area contributed by atoms with Crippen LogP contribution in [0.3, 0.4) is 0 Å². The van der Waals surface area contributed by atoms with Gasteiger partial charge in [-0.15, -0.1) is 0 Å². The van der Waals surface area contributed by atoms with E-state index in [9.17, 15) is 9.59 Å². The van der Waals surface area contributed by atoms with E-state index >= 15 is 0 Å². The highest BCUT2D eigenvalue weighted by atomic mass is 35.5. The van der Waals surface area contributed by atoms with Crippen LogP contribution in [0.1, 0.15) is 35.2 Å². The number of anilines is 3. The lowest BCUT2D eigenvalue weighted by atomic mass is 10.1. The van der Waals surface area contributed by atoms with Gasteiger partial charge >= 0.3 is 6.03 Å². The van der Waals surface area contributed by atoms with Crippen LogP contribution >= 0.6 is 11.6 Å². The number of carbonyl (C=O) groups is 2. The standard InChI is InChI=1S/C23H29ClN4O3/c1-16-6-7-18(15-20(16)24)27-23(30)26-17-8-9-21(28-11-3-4-12-28)19(14-17)22(29)25-10-5-13-31-2/h6-9,14-15H,3-5,10-13H2,1-2H3,(H,25,29)(H2,26,27,30). The molecule has 1 fully saturated rings. The van der Waals surface area contributed by atoms with Crippen molar-refractivity contribution in [3.8, 4) is 0 Å². The molecule has 0 aromatic heterocycles. The van der Waals surface area contributed by atoms with E-state index in [1.165, 1.54) is 0 Å². The number of amides is 3. The molecule has 0 spiro atoms. The number of methoxy groups -OCH3 is 1. The largest absolute Gasteiger partial charge is 0.385 e. The van der Waals surface area contributed by atoms with E-state index in [0.717, 1.165) is 43.6 Å². The van der Waals surface area contributed by atoms with E-state index in [1.54, 1.807) is 25.3 Å². The Bertz CT molecular complexity index is 929. The third-order valence-corrected chi connectivity index (χ3v) is 5.59. The molecule has 166 valence electrons.